The Morgan fingerprint density at radius 3 is 2.67 bits per heavy atom. The lowest BCUT2D eigenvalue weighted by Gasteiger charge is -2.41. The molecule has 1 atom stereocenters. The van der Waals surface area contributed by atoms with Crippen LogP contribution in [0.5, 0.6) is 0 Å². The van der Waals surface area contributed by atoms with Crippen molar-refractivity contribution in [1.82, 2.24) is 4.90 Å². The fraction of sp³-hybridized carbons (Fsp3) is 1.00. The van der Waals surface area contributed by atoms with Crippen LogP contribution in [-0.2, 0) is 4.74 Å². The standard InChI is InChI=1S/C12H25NOS/c1-11-9-13(7-5-4-6-8-15)10-12(2,3)14-11/h11,15H,4-10H2,1-3H3. The van der Waals surface area contributed by atoms with E-state index in [-0.39, 0.29) is 5.60 Å². The number of thiol groups is 1. The molecule has 0 aromatic rings. The van der Waals surface area contributed by atoms with Crippen LogP contribution < -0.4 is 0 Å². The van der Waals surface area contributed by atoms with E-state index >= 15 is 0 Å². The molecule has 1 saturated heterocycles. The summed E-state index contributed by atoms with van der Waals surface area (Å²) < 4.78 is 5.88. The molecule has 0 aromatic heterocycles. The molecule has 0 spiro atoms. The number of rotatable bonds is 5. The second-order valence-electron chi connectivity index (χ2n) is 5.21. The van der Waals surface area contributed by atoms with Crippen molar-refractivity contribution >= 4 is 12.6 Å². The minimum atomic E-state index is 0.0290. The van der Waals surface area contributed by atoms with E-state index in [1.165, 1.54) is 25.8 Å². The van der Waals surface area contributed by atoms with Gasteiger partial charge >= 0.3 is 0 Å². The second kappa shape index (κ2) is 6.12. The van der Waals surface area contributed by atoms with Gasteiger partial charge in [0.15, 0.2) is 0 Å². The van der Waals surface area contributed by atoms with Crippen LogP contribution in [0.1, 0.15) is 40.0 Å². The topological polar surface area (TPSA) is 12.5 Å². The van der Waals surface area contributed by atoms with Gasteiger partial charge in [-0.2, -0.15) is 12.6 Å². The monoisotopic (exact) mass is 231 g/mol. The highest BCUT2D eigenvalue weighted by molar-refractivity contribution is 7.80. The molecule has 1 unspecified atom stereocenters. The van der Waals surface area contributed by atoms with Gasteiger partial charge in [0.25, 0.3) is 0 Å². The van der Waals surface area contributed by atoms with E-state index in [1.54, 1.807) is 0 Å². The van der Waals surface area contributed by atoms with E-state index < -0.39 is 0 Å². The zero-order valence-corrected chi connectivity index (χ0v) is 11.2. The molecule has 0 aromatic carbocycles. The van der Waals surface area contributed by atoms with Gasteiger partial charge in [0.05, 0.1) is 11.7 Å². The summed E-state index contributed by atoms with van der Waals surface area (Å²) in [6.07, 6.45) is 4.21. The van der Waals surface area contributed by atoms with Gasteiger partial charge < -0.3 is 4.74 Å². The van der Waals surface area contributed by atoms with Crippen molar-refractivity contribution < 1.29 is 4.74 Å². The van der Waals surface area contributed by atoms with Crippen molar-refractivity contribution in [3.8, 4) is 0 Å². The first kappa shape index (κ1) is 13.3. The van der Waals surface area contributed by atoms with Gasteiger partial charge in [-0.15, -0.1) is 0 Å². The van der Waals surface area contributed by atoms with Gasteiger partial charge in [0.1, 0.15) is 0 Å². The maximum Gasteiger partial charge on any atom is 0.0757 e. The number of ether oxygens (including phenoxy) is 1. The lowest BCUT2D eigenvalue weighted by Crippen LogP contribution is -2.51. The molecule has 1 heterocycles. The number of hydrogen-bond acceptors (Lipinski definition) is 3. The summed E-state index contributed by atoms with van der Waals surface area (Å²) in [5.74, 6) is 1.02. The zero-order chi connectivity index (χ0) is 11.3. The quantitative estimate of drug-likeness (QED) is 0.577. The number of unbranched alkanes of at least 4 members (excludes halogenated alkanes) is 2. The van der Waals surface area contributed by atoms with E-state index in [4.69, 9.17) is 4.74 Å². The number of hydrogen-bond donors (Lipinski definition) is 1. The highest BCUT2D eigenvalue weighted by Gasteiger charge is 2.30. The molecule has 0 amide bonds. The predicted octanol–water partition coefficient (Wildman–Crippen LogP) is 2.59. The molecule has 0 aliphatic carbocycles. The second-order valence-corrected chi connectivity index (χ2v) is 5.65. The number of morpholine rings is 1. The van der Waals surface area contributed by atoms with Gasteiger partial charge in [-0.25, -0.2) is 0 Å². The fourth-order valence-electron chi connectivity index (χ4n) is 2.38. The van der Waals surface area contributed by atoms with Crippen molar-refractivity contribution in [2.45, 2.75) is 51.7 Å². The Kier molecular flexibility index (Phi) is 5.44. The van der Waals surface area contributed by atoms with Crippen LogP contribution in [0.4, 0.5) is 0 Å². The highest BCUT2D eigenvalue weighted by atomic mass is 32.1. The van der Waals surface area contributed by atoms with Crippen molar-refractivity contribution in [1.29, 1.82) is 0 Å². The summed E-state index contributed by atoms with van der Waals surface area (Å²) in [5, 5.41) is 0. The lowest BCUT2D eigenvalue weighted by atomic mass is 10.1. The van der Waals surface area contributed by atoms with Crippen molar-refractivity contribution in [2.24, 2.45) is 0 Å². The Morgan fingerprint density at radius 1 is 1.33 bits per heavy atom. The van der Waals surface area contributed by atoms with E-state index in [1.807, 2.05) is 0 Å². The molecule has 0 bridgehead atoms. The smallest absolute Gasteiger partial charge is 0.0757 e. The Bertz CT molecular complexity index is 184. The molecular formula is C12H25NOS. The van der Waals surface area contributed by atoms with Gasteiger partial charge in [0.2, 0.25) is 0 Å². The zero-order valence-electron chi connectivity index (χ0n) is 10.3. The van der Waals surface area contributed by atoms with Crippen LogP contribution in [0.2, 0.25) is 0 Å². The summed E-state index contributed by atoms with van der Waals surface area (Å²) >= 11 is 4.23. The van der Waals surface area contributed by atoms with Crippen molar-refractivity contribution in [2.75, 3.05) is 25.4 Å². The van der Waals surface area contributed by atoms with E-state index in [0.29, 0.717) is 6.10 Å². The van der Waals surface area contributed by atoms with Gasteiger partial charge in [-0.3, -0.25) is 4.90 Å². The Balaban J connectivity index is 2.23. The maximum atomic E-state index is 5.88. The van der Waals surface area contributed by atoms with Crippen LogP contribution in [-0.4, -0.2) is 42.0 Å². The van der Waals surface area contributed by atoms with Crippen LogP contribution >= 0.6 is 12.6 Å². The largest absolute Gasteiger partial charge is 0.370 e. The van der Waals surface area contributed by atoms with E-state index in [0.717, 1.165) is 18.8 Å². The minimum absolute atomic E-state index is 0.0290. The molecule has 3 heteroatoms. The lowest BCUT2D eigenvalue weighted by molar-refractivity contribution is -0.128. The highest BCUT2D eigenvalue weighted by Crippen LogP contribution is 2.20. The molecule has 1 fully saturated rings. The van der Waals surface area contributed by atoms with Crippen LogP contribution in [0, 0.1) is 0 Å². The Morgan fingerprint density at radius 2 is 2.07 bits per heavy atom. The predicted molar refractivity (Wildman–Crippen MR) is 68.8 cm³/mol. The van der Waals surface area contributed by atoms with Gasteiger partial charge in [0, 0.05) is 13.1 Å². The third kappa shape index (κ3) is 5.23. The Hall–Kier alpha value is 0.270. The molecular weight excluding hydrogens is 206 g/mol. The van der Waals surface area contributed by atoms with Crippen molar-refractivity contribution in [3.05, 3.63) is 0 Å². The van der Waals surface area contributed by atoms with E-state index in [2.05, 4.69) is 38.3 Å². The first-order valence-electron chi connectivity index (χ1n) is 6.04. The van der Waals surface area contributed by atoms with Crippen molar-refractivity contribution in [3.63, 3.8) is 0 Å². The summed E-state index contributed by atoms with van der Waals surface area (Å²) in [5.41, 5.74) is 0.0290. The van der Waals surface area contributed by atoms with Crippen LogP contribution in [0.15, 0.2) is 0 Å². The minimum Gasteiger partial charge on any atom is -0.370 e. The van der Waals surface area contributed by atoms with E-state index in [9.17, 15) is 0 Å². The maximum absolute atomic E-state index is 5.88. The normalized spacial score (nSPS) is 26.8. The van der Waals surface area contributed by atoms with Gasteiger partial charge in [-0.1, -0.05) is 6.42 Å². The molecule has 0 saturated carbocycles. The molecule has 1 aliphatic rings. The molecule has 15 heavy (non-hydrogen) atoms. The average molecular weight is 231 g/mol. The third-order valence-corrected chi connectivity index (χ3v) is 3.09. The summed E-state index contributed by atoms with van der Waals surface area (Å²) in [6.45, 7) is 9.90. The number of nitrogens with zero attached hydrogens (tertiary/aromatic N) is 1. The first-order chi connectivity index (χ1) is 7.03. The summed E-state index contributed by atoms with van der Waals surface area (Å²) in [6, 6.07) is 0. The average Bonchev–Trinajstić information content (AvgIpc) is 2.09. The van der Waals surface area contributed by atoms with Crippen LogP contribution in [0.3, 0.4) is 0 Å². The molecule has 2 nitrogen and oxygen atoms in total. The molecule has 0 N–H and O–H groups in total. The molecule has 1 rings (SSSR count). The summed E-state index contributed by atoms with van der Waals surface area (Å²) in [7, 11) is 0. The van der Waals surface area contributed by atoms with Gasteiger partial charge in [-0.05, 0) is 45.9 Å². The molecule has 90 valence electrons. The first-order valence-corrected chi connectivity index (χ1v) is 6.68. The van der Waals surface area contributed by atoms with Crippen LogP contribution in [0.25, 0.3) is 0 Å². The molecule has 0 radical (unpaired) electrons. The molecule has 1 aliphatic heterocycles. The fourth-order valence-corrected chi connectivity index (χ4v) is 2.60. The Labute approximate surface area is 99.8 Å². The third-order valence-electron chi connectivity index (χ3n) is 2.77. The SMILES string of the molecule is CC1CN(CCCCCS)CC(C)(C)O1. The summed E-state index contributed by atoms with van der Waals surface area (Å²) in [4.78, 5) is 2.53.